The normalized spacial score (nSPS) is 15.8. The van der Waals surface area contributed by atoms with Crippen molar-refractivity contribution in [1.29, 1.82) is 0 Å². The number of hydrogen-bond donors (Lipinski definition) is 2. The van der Waals surface area contributed by atoms with E-state index in [1.165, 1.54) is 0 Å². The second-order valence-corrected chi connectivity index (χ2v) is 6.49. The Kier molecular flexibility index (Phi) is 8.77. The van der Waals surface area contributed by atoms with Gasteiger partial charge in [0.15, 0.2) is 0 Å². The molecule has 2 N–H and O–H groups in total. The molecule has 0 amide bonds. The Balaban J connectivity index is 4.07. The topological polar surface area (TPSA) is 67.4 Å². The first-order chi connectivity index (χ1) is 7.94. The van der Waals surface area contributed by atoms with E-state index in [9.17, 15) is 8.42 Å². The molecule has 0 saturated heterocycles. The average molecular weight is 266 g/mol. The van der Waals surface area contributed by atoms with Crippen molar-refractivity contribution in [2.75, 3.05) is 26.8 Å². The molecule has 17 heavy (non-hydrogen) atoms. The van der Waals surface area contributed by atoms with E-state index in [4.69, 9.17) is 4.74 Å². The molecule has 5 nitrogen and oxygen atoms in total. The predicted octanol–water partition coefficient (Wildman–Crippen LogP) is 0.719. The lowest BCUT2D eigenvalue weighted by Crippen LogP contribution is -2.43. The molecule has 0 aromatic heterocycles. The van der Waals surface area contributed by atoms with Crippen molar-refractivity contribution in [3.8, 4) is 0 Å². The van der Waals surface area contributed by atoms with Gasteiger partial charge in [-0.1, -0.05) is 6.92 Å². The van der Waals surface area contributed by atoms with Crippen molar-refractivity contribution in [3.05, 3.63) is 0 Å². The minimum absolute atomic E-state index is 0.0893. The van der Waals surface area contributed by atoms with Crippen LogP contribution in [0.25, 0.3) is 0 Å². The van der Waals surface area contributed by atoms with Gasteiger partial charge in [0, 0.05) is 26.3 Å². The molecule has 0 bridgehead atoms. The number of sulfonamides is 1. The van der Waals surface area contributed by atoms with E-state index in [0.29, 0.717) is 19.6 Å². The summed E-state index contributed by atoms with van der Waals surface area (Å²) in [5.74, 6) is 0. The standard InChI is InChI=1S/C11H26N2O3S/c1-5-7-12-9-11(3)17(14,15)13-10(2)6-8-16-4/h10-13H,5-9H2,1-4H3. The number of methoxy groups -OCH3 is 1. The lowest BCUT2D eigenvalue weighted by Gasteiger charge is -2.18. The van der Waals surface area contributed by atoms with E-state index in [1.54, 1.807) is 14.0 Å². The van der Waals surface area contributed by atoms with Crippen LogP contribution in [0.3, 0.4) is 0 Å². The highest BCUT2D eigenvalue weighted by atomic mass is 32.2. The Bertz CT molecular complexity index is 280. The first-order valence-corrected chi connectivity index (χ1v) is 7.69. The van der Waals surface area contributed by atoms with Crippen LogP contribution in [0.5, 0.6) is 0 Å². The molecule has 6 heteroatoms. The number of ether oxygens (including phenoxy) is 1. The number of hydrogen-bond acceptors (Lipinski definition) is 4. The highest BCUT2D eigenvalue weighted by molar-refractivity contribution is 7.90. The Morgan fingerprint density at radius 2 is 1.94 bits per heavy atom. The molecule has 0 saturated carbocycles. The largest absolute Gasteiger partial charge is 0.385 e. The molecule has 0 rings (SSSR count). The summed E-state index contributed by atoms with van der Waals surface area (Å²) in [5.41, 5.74) is 0. The molecule has 0 aliphatic rings. The molecule has 0 fully saturated rings. The van der Waals surface area contributed by atoms with E-state index in [0.717, 1.165) is 13.0 Å². The van der Waals surface area contributed by atoms with Crippen molar-refractivity contribution in [2.24, 2.45) is 0 Å². The Hall–Kier alpha value is -0.170. The van der Waals surface area contributed by atoms with Gasteiger partial charge in [-0.3, -0.25) is 0 Å². The van der Waals surface area contributed by atoms with Gasteiger partial charge in [0.05, 0.1) is 5.25 Å². The van der Waals surface area contributed by atoms with E-state index in [2.05, 4.69) is 17.0 Å². The summed E-state index contributed by atoms with van der Waals surface area (Å²) < 4.78 is 31.4. The van der Waals surface area contributed by atoms with Gasteiger partial charge in [-0.15, -0.1) is 0 Å². The smallest absolute Gasteiger partial charge is 0.215 e. The number of nitrogens with one attached hydrogen (secondary N) is 2. The Labute approximate surface area is 105 Å². The van der Waals surface area contributed by atoms with Crippen LogP contribution in [0.1, 0.15) is 33.6 Å². The van der Waals surface area contributed by atoms with Crippen molar-refractivity contribution in [1.82, 2.24) is 10.0 Å². The summed E-state index contributed by atoms with van der Waals surface area (Å²) in [6.07, 6.45) is 1.69. The molecule has 0 spiro atoms. The van der Waals surface area contributed by atoms with Gasteiger partial charge in [0.1, 0.15) is 0 Å². The fourth-order valence-electron chi connectivity index (χ4n) is 1.34. The maximum Gasteiger partial charge on any atom is 0.215 e. The SMILES string of the molecule is CCCNCC(C)S(=O)(=O)NC(C)CCOC. The van der Waals surface area contributed by atoms with Crippen molar-refractivity contribution in [3.63, 3.8) is 0 Å². The van der Waals surface area contributed by atoms with Gasteiger partial charge < -0.3 is 10.1 Å². The highest BCUT2D eigenvalue weighted by Gasteiger charge is 2.21. The van der Waals surface area contributed by atoms with E-state index in [-0.39, 0.29) is 6.04 Å². The van der Waals surface area contributed by atoms with Gasteiger partial charge in [0.2, 0.25) is 10.0 Å². The second-order valence-electron chi connectivity index (χ2n) is 4.36. The van der Waals surface area contributed by atoms with Gasteiger partial charge in [-0.2, -0.15) is 0 Å². The summed E-state index contributed by atoms with van der Waals surface area (Å²) in [6, 6.07) is -0.0893. The van der Waals surface area contributed by atoms with Gasteiger partial charge in [-0.05, 0) is 33.2 Å². The van der Waals surface area contributed by atoms with Gasteiger partial charge >= 0.3 is 0 Å². The van der Waals surface area contributed by atoms with Crippen molar-refractivity contribution in [2.45, 2.75) is 44.9 Å². The summed E-state index contributed by atoms with van der Waals surface area (Å²) in [6.45, 7) is 7.51. The van der Waals surface area contributed by atoms with Crippen LogP contribution in [0, 0.1) is 0 Å². The van der Waals surface area contributed by atoms with E-state index >= 15 is 0 Å². The molecule has 104 valence electrons. The van der Waals surface area contributed by atoms with Crippen LogP contribution < -0.4 is 10.0 Å². The molecule has 2 atom stereocenters. The quantitative estimate of drug-likeness (QED) is 0.572. The third kappa shape index (κ3) is 7.70. The van der Waals surface area contributed by atoms with Crippen molar-refractivity contribution < 1.29 is 13.2 Å². The molecule has 0 radical (unpaired) electrons. The van der Waals surface area contributed by atoms with Crippen LogP contribution in [-0.4, -0.2) is 46.5 Å². The Morgan fingerprint density at radius 3 is 2.47 bits per heavy atom. The van der Waals surface area contributed by atoms with E-state index < -0.39 is 15.3 Å². The molecular formula is C11H26N2O3S. The van der Waals surface area contributed by atoms with Crippen LogP contribution in [0.15, 0.2) is 0 Å². The minimum Gasteiger partial charge on any atom is -0.385 e. The lowest BCUT2D eigenvalue weighted by atomic mass is 10.3. The maximum absolute atomic E-state index is 11.9. The van der Waals surface area contributed by atoms with Crippen LogP contribution in [0.4, 0.5) is 0 Å². The first kappa shape index (κ1) is 16.8. The first-order valence-electron chi connectivity index (χ1n) is 6.14. The molecule has 0 heterocycles. The Morgan fingerprint density at radius 1 is 1.29 bits per heavy atom. The molecule has 2 unspecified atom stereocenters. The van der Waals surface area contributed by atoms with Crippen LogP contribution in [-0.2, 0) is 14.8 Å². The average Bonchev–Trinajstić information content (AvgIpc) is 2.26. The predicted molar refractivity (Wildman–Crippen MR) is 70.6 cm³/mol. The summed E-state index contributed by atoms with van der Waals surface area (Å²) in [5, 5.41) is 2.70. The second kappa shape index (κ2) is 8.85. The van der Waals surface area contributed by atoms with E-state index in [1.807, 2.05) is 6.92 Å². The summed E-state index contributed by atoms with van der Waals surface area (Å²) >= 11 is 0. The zero-order chi connectivity index (χ0) is 13.3. The highest BCUT2D eigenvalue weighted by Crippen LogP contribution is 2.01. The summed E-state index contributed by atoms with van der Waals surface area (Å²) in [4.78, 5) is 0. The number of rotatable bonds is 10. The minimum atomic E-state index is -3.24. The van der Waals surface area contributed by atoms with Gasteiger partial charge in [0.25, 0.3) is 0 Å². The monoisotopic (exact) mass is 266 g/mol. The maximum atomic E-state index is 11.9. The molecule has 0 aliphatic heterocycles. The third-order valence-electron chi connectivity index (χ3n) is 2.51. The molecule has 0 aromatic carbocycles. The fraction of sp³-hybridized carbons (Fsp3) is 1.00. The van der Waals surface area contributed by atoms with Crippen LogP contribution in [0.2, 0.25) is 0 Å². The lowest BCUT2D eigenvalue weighted by molar-refractivity contribution is 0.188. The molecule has 0 aromatic rings. The van der Waals surface area contributed by atoms with Crippen molar-refractivity contribution >= 4 is 10.0 Å². The summed E-state index contributed by atoms with van der Waals surface area (Å²) in [7, 11) is -1.63. The molecule has 0 aliphatic carbocycles. The van der Waals surface area contributed by atoms with Gasteiger partial charge in [-0.25, -0.2) is 13.1 Å². The van der Waals surface area contributed by atoms with Crippen LogP contribution >= 0.6 is 0 Å². The zero-order valence-electron chi connectivity index (χ0n) is 11.3. The fourth-order valence-corrected chi connectivity index (χ4v) is 2.59. The third-order valence-corrected chi connectivity index (χ3v) is 4.47. The zero-order valence-corrected chi connectivity index (χ0v) is 12.1. The molecular weight excluding hydrogens is 240 g/mol.